The van der Waals surface area contributed by atoms with E-state index in [0.717, 1.165) is 47.1 Å². The van der Waals surface area contributed by atoms with E-state index in [-0.39, 0.29) is 0 Å². The number of imidazole rings is 1. The third-order valence-corrected chi connectivity index (χ3v) is 3.95. The average molecular weight is 325 g/mol. The van der Waals surface area contributed by atoms with E-state index in [4.69, 9.17) is 10.1 Å². The lowest BCUT2D eigenvalue weighted by Crippen LogP contribution is -2.37. The van der Waals surface area contributed by atoms with Gasteiger partial charge in [-0.1, -0.05) is 19.8 Å². The lowest BCUT2D eigenvalue weighted by Gasteiger charge is -2.14. The number of carbonyl (C=O) groups excluding carboxylic acids is 1. The van der Waals surface area contributed by atoms with E-state index in [1.54, 1.807) is 18.1 Å². The van der Waals surface area contributed by atoms with E-state index < -0.39 is 6.03 Å². The third kappa shape index (κ3) is 6.83. The standard InChI is InChI=1S/C14H23N5O2S/c1-3-4-5-6-19(10-15)14(20)18-21-7-8-22-9-13-12(2)16-11-17-13/h11H,3-9H2,1-2H3,(H,16,17)(H,18,20). The van der Waals surface area contributed by atoms with E-state index >= 15 is 0 Å². The molecule has 1 rings (SSSR count). The Kier molecular flexibility index (Phi) is 9.11. The van der Waals surface area contributed by atoms with Crippen LogP contribution < -0.4 is 5.48 Å². The number of nitrogens with one attached hydrogen (secondary N) is 2. The zero-order valence-electron chi connectivity index (χ0n) is 13.1. The topological polar surface area (TPSA) is 94.0 Å². The quantitative estimate of drug-likeness (QED) is 0.298. The molecule has 0 saturated carbocycles. The summed E-state index contributed by atoms with van der Waals surface area (Å²) in [6, 6.07) is -0.508. The number of aromatic nitrogens is 2. The number of hydrogen-bond donors (Lipinski definition) is 2. The summed E-state index contributed by atoms with van der Waals surface area (Å²) in [5.74, 6) is 1.53. The maximum Gasteiger partial charge on any atom is 0.354 e. The number of hydroxylamine groups is 1. The van der Waals surface area contributed by atoms with Gasteiger partial charge in [-0.05, 0) is 13.3 Å². The van der Waals surface area contributed by atoms with Crippen molar-refractivity contribution in [3.8, 4) is 6.19 Å². The molecule has 0 fully saturated rings. The maximum absolute atomic E-state index is 11.7. The Morgan fingerprint density at radius 3 is 3.05 bits per heavy atom. The normalized spacial score (nSPS) is 10.2. The highest BCUT2D eigenvalue weighted by molar-refractivity contribution is 7.98. The lowest BCUT2D eigenvalue weighted by molar-refractivity contribution is 0.0630. The molecule has 2 amide bonds. The van der Waals surface area contributed by atoms with Crippen LogP contribution in [0, 0.1) is 18.4 Å². The highest BCUT2D eigenvalue weighted by atomic mass is 32.2. The van der Waals surface area contributed by atoms with Gasteiger partial charge in [0.25, 0.3) is 0 Å². The first-order valence-electron chi connectivity index (χ1n) is 7.34. The molecule has 8 heteroatoms. The third-order valence-electron chi connectivity index (χ3n) is 3.01. The van der Waals surface area contributed by atoms with Crippen LogP contribution in [0.15, 0.2) is 6.33 Å². The Morgan fingerprint density at radius 1 is 1.59 bits per heavy atom. The fourth-order valence-electron chi connectivity index (χ4n) is 1.69. The van der Waals surface area contributed by atoms with Crippen molar-refractivity contribution in [3.05, 3.63) is 17.7 Å². The van der Waals surface area contributed by atoms with Crippen molar-refractivity contribution in [2.24, 2.45) is 0 Å². The summed E-state index contributed by atoms with van der Waals surface area (Å²) in [5, 5.41) is 8.91. The number of aromatic amines is 1. The van der Waals surface area contributed by atoms with Gasteiger partial charge in [0, 0.05) is 23.7 Å². The Labute approximate surface area is 135 Å². The molecule has 2 N–H and O–H groups in total. The molecule has 0 bridgehead atoms. The summed E-state index contributed by atoms with van der Waals surface area (Å²) < 4.78 is 0. The van der Waals surface area contributed by atoms with Crippen molar-refractivity contribution in [1.29, 1.82) is 5.26 Å². The second kappa shape index (κ2) is 10.9. The minimum absolute atomic E-state index is 0.383. The summed E-state index contributed by atoms with van der Waals surface area (Å²) in [5.41, 5.74) is 4.39. The Balaban J connectivity index is 2.09. The molecule has 22 heavy (non-hydrogen) atoms. The van der Waals surface area contributed by atoms with Crippen molar-refractivity contribution in [1.82, 2.24) is 20.3 Å². The molecule has 122 valence electrons. The van der Waals surface area contributed by atoms with Gasteiger partial charge in [0.2, 0.25) is 0 Å². The minimum Gasteiger partial charge on any atom is -0.348 e. The number of urea groups is 1. The second-order valence-electron chi connectivity index (χ2n) is 4.74. The van der Waals surface area contributed by atoms with Crippen molar-refractivity contribution >= 4 is 17.8 Å². The molecule has 0 unspecified atom stereocenters. The second-order valence-corrected chi connectivity index (χ2v) is 5.85. The number of amides is 2. The van der Waals surface area contributed by atoms with Crippen molar-refractivity contribution in [2.75, 3.05) is 18.9 Å². The predicted octanol–water partition coefficient (Wildman–Crippen LogP) is 2.57. The van der Waals surface area contributed by atoms with Gasteiger partial charge in [0.05, 0.1) is 18.6 Å². The molecule has 0 aliphatic carbocycles. The molecule has 1 aromatic rings. The number of hydrogen-bond acceptors (Lipinski definition) is 5. The van der Waals surface area contributed by atoms with Crippen LogP contribution in [0.25, 0.3) is 0 Å². The molecule has 1 heterocycles. The molecule has 0 spiro atoms. The van der Waals surface area contributed by atoms with Crippen LogP contribution in [-0.2, 0) is 10.6 Å². The van der Waals surface area contributed by atoms with E-state index in [1.165, 1.54) is 0 Å². The molecule has 0 aliphatic rings. The van der Waals surface area contributed by atoms with Crippen molar-refractivity contribution in [3.63, 3.8) is 0 Å². The molecular formula is C14H23N5O2S. The maximum atomic E-state index is 11.7. The van der Waals surface area contributed by atoms with Crippen LogP contribution in [0.1, 0.15) is 37.6 Å². The SMILES string of the molecule is CCCCCN(C#N)C(=O)NOCCSCc1nc[nH]c1C. The van der Waals surface area contributed by atoms with Gasteiger partial charge < -0.3 is 4.98 Å². The zero-order valence-corrected chi connectivity index (χ0v) is 13.9. The number of thioether (sulfide) groups is 1. The fraction of sp³-hybridized carbons (Fsp3) is 0.643. The molecule has 0 aliphatic heterocycles. The van der Waals surface area contributed by atoms with Crippen LogP contribution in [0.5, 0.6) is 0 Å². The zero-order chi connectivity index (χ0) is 16.2. The van der Waals surface area contributed by atoms with Crippen LogP contribution in [0.3, 0.4) is 0 Å². The Morgan fingerprint density at radius 2 is 2.41 bits per heavy atom. The monoisotopic (exact) mass is 325 g/mol. The molecule has 0 atom stereocenters. The van der Waals surface area contributed by atoms with E-state index in [0.29, 0.717) is 13.2 Å². The van der Waals surface area contributed by atoms with Gasteiger partial charge in [-0.2, -0.15) is 17.0 Å². The number of carbonyl (C=O) groups is 1. The summed E-state index contributed by atoms with van der Waals surface area (Å²) in [6.07, 6.45) is 6.40. The highest BCUT2D eigenvalue weighted by Gasteiger charge is 2.11. The number of rotatable bonds is 10. The summed E-state index contributed by atoms with van der Waals surface area (Å²) in [7, 11) is 0. The largest absolute Gasteiger partial charge is 0.354 e. The number of H-pyrrole nitrogens is 1. The van der Waals surface area contributed by atoms with Crippen LogP contribution in [0.2, 0.25) is 0 Å². The lowest BCUT2D eigenvalue weighted by atomic mass is 10.2. The van der Waals surface area contributed by atoms with Gasteiger partial charge in [-0.15, -0.1) is 0 Å². The summed E-state index contributed by atoms with van der Waals surface area (Å²) in [4.78, 5) is 25.1. The van der Waals surface area contributed by atoms with Gasteiger partial charge >= 0.3 is 6.03 Å². The van der Waals surface area contributed by atoms with Gasteiger partial charge in [0.1, 0.15) is 0 Å². The van der Waals surface area contributed by atoms with E-state index in [2.05, 4.69) is 22.4 Å². The fourth-order valence-corrected chi connectivity index (χ4v) is 2.52. The van der Waals surface area contributed by atoms with Gasteiger partial charge in [-0.3, -0.25) is 4.84 Å². The van der Waals surface area contributed by atoms with Crippen LogP contribution in [-0.4, -0.2) is 39.8 Å². The summed E-state index contributed by atoms with van der Waals surface area (Å²) >= 11 is 1.67. The van der Waals surface area contributed by atoms with Crippen molar-refractivity contribution < 1.29 is 9.63 Å². The van der Waals surface area contributed by atoms with Gasteiger partial charge in [-0.25, -0.2) is 20.2 Å². The Bertz CT molecular complexity index is 486. The first-order valence-corrected chi connectivity index (χ1v) is 8.50. The van der Waals surface area contributed by atoms with Crippen LogP contribution >= 0.6 is 11.8 Å². The molecule has 0 saturated heterocycles. The van der Waals surface area contributed by atoms with Gasteiger partial charge in [0.15, 0.2) is 6.19 Å². The first-order chi connectivity index (χ1) is 10.7. The predicted molar refractivity (Wildman–Crippen MR) is 85.8 cm³/mol. The number of nitrogens with zero attached hydrogens (tertiary/aromatic N) is 3. The summed E-state index contributed by atoms with van der Waals surface area (Å²) in [6.45, 7) is 4.86. The highest BCUT2D eigenvalue weighted by Crippen LogP contribution is 2.11. The molecule has 0 radical (unpaired) electrons. The number of unbranched alkanes of at least 4 members (excludes halogenated alkanes) is 2. The number of aryl methyl sites for hydroxylation is 1. The minimum atomic E-state index is -0.508. The molecule has 0 aromatic carbocycles. The van der Waals surface area contributed by atoms with E-state index in [9.17, 15) is 4.79 Å². The average Bonchev–Trinajstić information content (AvgIpc) is 2.92. The molecule has 1 aromatic heterocycles. The smallest absolute Gasteiger partial charge is 0.348 e. The molecule has 7 nitrogen and oxygen atoms in total. The van der Waals surface area contributed by atoms with Crippen LogP contribution in [0.4, 0.5) is 4.79 Å². The number of nitriles is 1. The van der Waals surface area contributed by atoms with E-state index in [1.807, 2.05) is 13.1 Å². The first kappa shape index (κ1) is 18.3. The van der Waals surface area contributed by atoms with Crippen molar-refractivity contribution in [2.45, 2.75) is 38.9 Å². The Hall–Kier alpha value is -1.72. The molecular weight excluding hydrogens is 302 g/mol.